The monoisotopic (exact) mass is 384 g/mol. The third-order valence-electron chi connectivity index (χ3n) is 3.86. The second kappa shape index (κ2) is 6.21. The van der Waals surface area contributed by atoms with E-state index in [0.717, 1.165) is 12.1 Å². The summed E-state index contributed by atoms with van der Waals surface area (Å²) >= 11 is 5.87. The first-order valence-corrected chi connectivity index (χ1v) is 7.77. The predicted molar refractivity (Wildman–Crippen MR) is 89.2 cm³/mol. The topological polar surface area (TPSA) is 67.4 Å². The van der Waals surface area contributed by atoms with Gasteiger partial charge < -0.3 is 15.4 Å². The first-order chi connectivity index (χ1) is 12.1. The molecule has 0 radical (unpaired) electrons. The number of hydrogen-bond donors (Lipinski definition) is 2. The van der Waals surface area contributed by atoms with E-state index in [4.69, 9.17) is 16.3 Å². The van der Waals surface area contributed by atoms with Crippen LogP contribution in [-0.2, 0) is 15.8 Å². The van der Waals surface area contributed by atoms with Crippen LogP contribution in [0.2, 0.25) is 5.02 Å². The predicted octanol–water partition coefficient (Wildman–Crippen LogP) is 4.09. The molecule has 1 atom stereocenters. The van der Waals surface area contributed by atoms with E-state index in [-0.39, 0.29) is 16.5 Å². The third-order valence-corrected chi connectivity index (χ3v) is 4.19. The summed E-state index contributed by atoms with van der Waals surface area (Å²) in [4.78, 5) is 24.9. The first kappa shape index (κ1) is 18.1. The molecular weight excluding hydrogens is 373 g/mol. The molecule has 3 rings (SSSR count). The van der Waals surface area contributed by atoms with Crippen LogP contribution in [0.3, 0.4) is 0 Å². The van der Waals surface area contributed by atoms with E-state index in [1.165, 1.54) is 6.92 Å². The van der Waals surface area contributed by atoms with Crippen LogP contribution in [0.15, 0.2) is 42.5 Å². The lowest BCUT2D eigenvalue weighted by Crippen LogP contribution is -2.56. The van der Waals surface area contributed by atoms with E-state index in [1.54, 1.807) is 24.3 Å². The molecule has 136 valence electrons. The number of alkyl halides is 3. The van der Waals surface area contributed by atoms with Crippen molar-refractivity contribution in [1.29, 1.82) is 0 Å². The molecule has 0 spiro atoms. The summed E-state index contributed by atoms with van der Waals surface area (Å²) in [5.41, 5.74) is -2.85. The fourth-order valence-electron chi connectivity index (χ4n) is 2.36. The molecule has 5 nitrogen and oxygen atoms in total. The normalized spacial score (nSPS) is 19.2. The van der Waals surface area contributed by atoms with Gasteiger partial charge in [0.1, 0.15) is 5.75 Å². The molecular formula is C17H12ClF3N2O3. The number of benzene rings is 2. The third kappa shape index (κ3) is 3.20. The Balaban J connectivity index is 1.90. The van der Waals surface area contributed by atoms with E-state index in [2.05, 4.69) is 10.6 Å². The molecule has 9 heteroatoms. The number of carbonyl (C=O) groups is 2. The smallest absolute Gasteiger partial charge is 0.416 e. The SMILES string of the molecule is CC1(C(=O)Nc2cc(C(F)(F)F)ccc2Cl)Oc2ccccc2NC1=O. The van der Waals surface area contributed by atoms with Crippen LogP contribution in [0.1, 0.15) is 12.5 Å². The van der Waals surface area contributed by atoms with Gasteiger partial charge in [-0.1, -0.05) is 23.7 Å². The highest BCUT2D eigenvalue weighted by atomic mass is 35.5. The quantitative estimate of drug-likeness (QED) is 0.766. The Morgan fingerprint density at radius 2 is 1.92 bits per heavy atom. The van der Waals surface area contributed by atoms with Gasteiger partial charge in [-0.2, -0.15) is 13.2 Å². The van der Waals surface area contributed by atoms with Gasteiger partial charge >= 0.3 is 6.18 Å². The van der Waals surface area contributed by atoms with E-state index in [1.807, 2.05) is 0 Å². The van der Waals surface area contributed by atoms with Crippen molar-refractivity contribution in [3.63, 3.8) is 0 Å². The van der Waals surface area contributed by atoms with Gasteiger partial charge in [0.2, 0.25) is 0 Å². The van der Waals surface area contributed by atoms with Crippen LogP contribution in [-0.4, -0.2) is 17.4 Å². The zero-order chi connectivity index (χ0) is 19.1. The largest absolute Gasteiger partial charge is 0.466 e. The minimum absolute atomic E-state index is 0.105. The zero-order valence-electron chi connectivity index (χ0n) is 13.3. The van der Waals surface area contributed by atoms with Crippen molar-refractivity contribution in [2.45, 2.75) is 18.7 Å². The lowest BCUT2D eigenvalue weighted by Gasteiger charge is -2.33. The Labute approximate surface area is 151 Å². The molecule has 1 aliphatic heterocycles. The number of amides is 2. The Bertz CT molecular complexity index is 901. The minimum atomic E-state index is -4.61. The van der Waals surface area contributed by atoms with Gasteiger partial charge in [0, 0.05) is 0 Å². The van der Waals surface area contributed by atoms with Crippen molar-refractivity contribution in [1.82, 2.24) is 0 Å². The average Bonchev–Trinajstić information content (AvgIpc) is 2.56. The van der Waals surface area contributed by atoms with Crippen molar-refractivity contribution < 1.29 is 27.5 Å². The Hall–Kier alpha value is -2.74. The molecule has 0 aliphatic carbocycles. The summed E-state index contributed by atoms with van der Waals surface area (Å²) in [5, 5.41) is 4.66. The Kier molecular flexibility index (Phi) is 4.31. The van der Waals surface area contributed by atoms with Gasteiger partial charge in [0.15, 0.2) is 0 Å². The van der Waals surface area contributed by atoms with E-state index in [0.29, 0.717) is 11.8 Å². The molecule has 0 bridgehead atoms. The summed E-state index contributed by atoms with van der Waals surface area (Å²) in [5.74, 6) is -1.44. The van der Waals surface area contributed by atoms with Gasteiger partial charge in [-0.25, -0.2) is 0 Å². The molecule has 0 saturated carbocycles. The van der Waals surface area contributed by atoms with Gasteiger partial charge in [-0.05, 0) is 37.3 Å². The number of ether oxygens (including phenoxy) is 1. The summed E-state index contributed by atoms with van der Waals surface area (Å²) in [7, 11) is 0. The van der Waals surface area contributed by atoms with Crippen LogP contribution < -0.4 is 15.4 Å². The van der Waals surface area contributed by atoms with Crippen molar-refractivity contribution in [2.75, 3.05) is 10.6 Å². The molecule has 2 amide bonds. The number of rotatable bonds is 2. The number of anilines is 2. The van der Waals surface area contributed by atoms with Crippen molar-refractivity contribution in [3.05, 3.63) is 53.1 Å². The maximum Gasteiger partial charge on any atom is 0.416 e. The van der Waals surface area contributed by atoms with E-state index < -0.39 is 29.2 Å². The summed E-state index contributed by atoms with van der Waals surface area (Å²) in [6.07, 6.45) is -4.61. The molecule has 1 heterocycles. The fourth-order valence-corrected chi connectivity index (χ4v) is 2.52. The van der Waals surface area contributed by atoms with Crippen LogP contribution in [0.5, 0.6) is 5.75 Å². The van der Waals surface area contributed by atoms with Gasteiger partial charge in [0.05, 0.1) is 22.0 Å². The van der Waals surface area contributed by atoms with E-state index >= 15 is 0 Å². The maximum absolute atomic E-state index is 12.8. The van der Waals surface area contributed by atoms with Crippen LogP contribution in [0.25, 0.3) is 0 Å². The summed E-state index contributed by atoms with van der Waals surface area (Å²) in [6.45, 7) is 1.22. The van der Waals surface area contributed by atoms with Gasteiger partial charge in [0.25, 0.3) is 17.4 Å². The number of nitrogens with one attached hydrogen (secondary N) is 2. The molecule has 2 N–H and O–H groups in total. The molecule has 2 aromatic rings. The number of hydrogen-bond acceptors (Lipinski definition) is 3. The Morgan fingerprint density at radius 1 is 1.23 bits per heavy atom. The van der Waals surface area contributed by atoms with Gasteiger partial charge in [-0.15, -0.1) is 0 Å². The molecule has 1 unspecified atom stereocenters. The highest BCUT2D eigenvalue weighted by molar-refractivity contribution is 6.34. The molecule has 0 fully saturated rings. The van der Waals surface area contributed by atoms with Crippen molar-refractivity contribution in [2.24, 2.45) is 0 Å². The standard InChI is InChI=1S/C17H12ClF3N2O3/c1-16(14(24)22-11-4-2-3-5-13(11)26-16)15(25)23-12-8-9(17(19,20)21)6-7-10(12)18/h2-8H,1H3,(H,22,24)(H,23,25). The highest BCUT2D eigenvalue weighted by Gasteiger charge is 2.47. The Morgan fingerprint density at radius 3 is 2.62 bits per heavy atom. The van der Waals surface area contributed by atoms with Crippen molar-refractivity contribution in [3.8, 4) is 5.75 Å². The first-order valence-electron chi connectivity index (χ1n) is 7.39. The molecule has 1 aliphatic rings. The molecule has 0 saturated heterocycles. The van der Waals surface area contributed by atoms with Gasteiger partial charge in [-0.3, -0.25) is 9.59 Å². The lowest BCUT2D eigenvalue weighted by atomic mass is 10.0. The second-order valence-electron chi connectivity index (χ2n) is 5.73. The second-order valence-corrected chi connectivity index (χ2v) is 6.14. The number of carbonyl (C=O) groups excluding carboxylic acids is 2. The van der Waals surface area contributed by atoms with Crippen molar-refractivity contribution >= 4 is 34.8 Å². The lowest BCUT2D eigenvalue weighted by molar-refractivity contribution is -0.143. The highest BCUT2D eigenvalue weighted by Crippen LogP contribution is 2.36. The average molecular weight is 385 g/mol. The number of fused-ring (bicyclic) bond motifs is 1. The van der Waals surface area contributed by atoms with Crippen LogP contribution in [0, 0.1) is 0 Å². The maximum atomic E-state index is 12.8. The zero-order valence-corrected chi connectivity index (χ0v) is 14.0. The van der Waals surface area contributed by atoms with Crippen LogP contribution in [0.4, 0.5) is 24.5 Å². The summed E-state index contributed by atoms with van der Waals surface area (Å²) < 4.78 is 44.1. The number of para-hydroxylation sites is 2. The molecule has 26 heavy (non-hydrogen) atoms. The number of halogens is 4. The van der Waals surface area contributed by atoms with E-state index in [9.17, 15) is 22.8 Å². The fraction of sp³-hybridized carbons (Fsp3) is 0.176. The summed E-state index contributed by atoms with van der Waals surface area (Å²) in [6, 6.07) is 8.97. The molecule has 2 aromatic carbocycles. The van der Waals surface area contributed by atoms with Crippen LogP contribution >= 0.6 is 11.6 Å². The molecule has 0 aromatic heterocycles. The minimum Gasteiger partial charge on any atom is -0.466 e.